The maximum atomic E-state index is 13.2. The van der Waals surface area contributed by atoms with E-state index in [2.05, 4.69) is 62.3 Å². The van der Waals surface area contributed by atoms with E-state index in [1.54, 1.807) is 0 Å². The van der Waals surface area contributed by atoms with Crippen LogP contribution in [-0.2, 0) is 9.53 Å². The molecule has 0 aromatic rings. The number of hydrogen-bond acceptors (Lipinski definition) is 2. The van der Waals surface area contributed by atoms with Crippen LogP contribution >= 0.6 is 0 Å². The van der Waals surface area contributed by atoms with Crippen LogP contribution in [0, 0.1) is 22.2 Å². The smallest absolute Gasteiger partial charge is 0.313 e. The fourth-order valence-electron chi connectivity index (χ4n) is 3.79. The van der Waals surface area contributed by atoms with Gasteiger partial charge in [-0.15, -0.1) is 0 Å². The first-order valence-corrected chi connectivity index (χ1v) is 8.51. The van der Waals surface area contributed by atoms with Gasteiger partial charge in [-0.05, 0) is 49.4 Å². The predicted molar refractivity (Wildman–Crippen MR) is 89.1 cm³/mol. The summed E-state index contributed by atoms with van der Waals surface area (Å²) in [6.07, 6.45) is 4.38. The van der Waals surface area contributed by atoms with E-state index in [-0.39, 0.29) is 22.4 Å². The lowest BCUT2D eigenvalue weighted by Crippen LogP contribution is -2.53. The van der Waals surface area contributed by atoms with Crippen molar-refractivity contribution in [3.63, 3.8) is 0 Å². The maximum absolute atomic E-state index is 13.2. The summed E-state index contributed by atoms with van der Waals surface area (Å²) in [7, 11) is 0. The highest BCUT2D eigenvalue weighted by atomic mass is 16.6. The van der Waals surface area contributed by atoms with Gasteiger partial charge in [-0.1, -0.05) is 55.4 Å². The van der Waals surface area contributed by atoms with Crippen molar-refractivity contribution in [1.82, 2.24) is 0 Å². The fourth-order valence-corrected chi connectivity index (χ4v) is 3.79. The molecule has 0 aromatic carbocycles. The van der Waals surface area contributed by atoms with Crippen molar-refractivity contribution in [3.8, 4) is 0 Å². The molecule has 0 unspecified atom stereocenters. The lowest BCUT2D eigenvalue weighted by atomic mass is 9.55. The normalized spacial score (nSPS) is 19.9. The Labute approximate surface area is 132 Å². The summed E-state index contributed by atoms with van der Waals surface area (Å²) in [6, 6.07) is 0. The summed E-state index contributed by atoms with van der Waals surface area (Å²) in [5.74, 6) is 0.367. The van der Waals surface area contributed by atoms with Gasteiger partial charge in [0.2, 0.25) is 0 Å². The van der Waals surface area contributed by atoms with Crippen LogP contribution in [0.5, 0.6) is 0 Å². The Hall–Kier alpha value is -0.530. The first-order valence-electron chi connectivity index (χ1n) is 8.51. The maximum Gasteiger partial charge on any atom is 0.313 e. The Morgan fingerprint density at radius 3 is 1.57 bits per heavy atom. The molecule has 1 rings (SSSR count). The van der Waals surface area contributed by atoms with Gasteiger partial charge < -0.3 is 4.74 Å². The topological polar surface area (TPSA) is 26.3 Å². The molecule has 0 spiro atoms. The van der Waals surface area contributed by atoms with Gasteiger partial charge in [-0.3, -0.25) is 4.79 Å². The van der Waals surface area contributed by atoms with Crippen LogP contribution in [0.1, 0.15) is 88.0 Å². The van der Waals surface area contributed by atoms with Crippen molar-refractivity contribution in [2.45, 2.75) is 93.6 Å². The van der Waals surface area contributed by atoms with Gasteiger partial charge in [0.25, 0.3) is 0 Å². The van der Waals surface area contributed by atoms with E-state index < -0.39 is 5.41 Å². The second-order valence-electron chi connectivity index (χ2n) is 9.44. The van der Waals surface area contributed by atoms with E-state index in [0.717, 1.165) is 12.8 Å². The van der Waals surface area contributed by atoms with Crippen molar-refractivity contribution in [1.29, 1.82) is 0 Å². The van der Waals surface area contributed by atoms with Gasteiger partial charge in [0.05, 0.1) is 5.41 Å². The second kappa shape index (κ2) is 5.59. The molecule has 1 fully saturated rings. The molecule has 0 saturated heterocycles. The first kappa shape index (κ1) is 18.5. The largest absolute Gasteiger partial charge is 0.458 e. The summed E-state index contributed by atoms with van der Waals surface area (Å²) < 4.78 is 6.24. The summed E-state index contributed by atoms with van der Waals surface area (Å²) in [5.41, 5.74) is -1.03. The molecule has 1 aliphatic carbocycles. The van der Waals surface area contributed by atoms with Gasteiger partial charge in [0.1, 0.15) is 5.60 Å². The Kier molecular flexibility index (Phi) is 4.93. The number of carbonyl (C=O) groups excluding carboxylic acids is 1. The van der Waals surface area contributed by atoms with Crippen LogP contribution in [0.15, 0.2) is 0 Å². The number of hydrogen-bond donors (Lipinski definition) is 0. The minimum absolute atomic E-state index is 0.0156. The minimum Gasteiger partial charge on any atom is -0.458 e. The van der Waals surface area contributed by atoms with E-state index in [4.69, 9.17) is 4.74 Å². The zero-order valence-electron chi connectivity index (χ0n) is 15.7. The Balaban J connectivity index is 3.14. The Morgan fingerprint density at radius 2 is 1.29 bits per heavy atom. The summed E-state index contributed by atoms with van der Waals surface area (Å²) >= 11 is 0. The van der Waals surface area contributed by atoms with Gasteiger partial charge in [0.15, 0.2) is 0 Å². The monoisotopic (exact) mass is 296 g/mol. The molecule has 0 amide bonds. The van der Waals surface area contributed by atoms with Crippen LogP contribution < -0.4 is 0 Å². The molecule has 0 atom stereocenters. The lowest BCUT2D eigenvalue weighted by Gasteiger charge is -2.50. The summed E-state index contributed by atoms with van der Waals surface area (Å²) in [4.78, 5) is 13.2. The second-order valence-corrected chi connectivity index (χ2v) is 9.44. The van der Waals surface area contributed by atoms with E-state index >= 15 is 0 Å². The van der Waals surface area contributed by atoms with E-state index in [1.165, 1.54) is 12.8 Å². The molecule has 124 valence electrons. The average molecular weight is 296 g/mol. The molecule has 21 heavy (non-hydrogen) atoms. The van der Waals surface area contributed by atoms with Crippen molar-refractivity contribution < 1.29 is 9.53 Å². The van der Waals surface area contributed by atoms with Crippen molar-refractivity contribution in [3.05, 3.63) is 0 Å². The average Bonchev–Trinajstić information content (AvgIpc) is 2.74. The molecular formula is C19H36O2. The predicted octanol–water partition coefficient (Wildman–Crippen LogP) is 5.60. The standard InChI is InChI=1S/C19H36O2/c1-14(2)19(12-10-11-13-19)21-15(20)18(9,16(3,4)5)17(6,7)8/h14H,10-13H2,1-9H3. The van der Waals surface area contributed by atoms with E-state index in [9.17, 15) is 4.79 Å². The zero-order valence-corrected chi connectivity index (χ0v) is 15.7. The fraction of sp³-hybridized carbons (Fsp3) is 0.947. The molecule has 2 heteroatoms. The third-order valence-electron chi connectivity index (χ3n) is 6.21. The van der Waals surface area contributed by atoms with Crippen LogP contribution in [0.3, 0.4) is 0 Å². The number of ether oxygens (including phenoxy) is 1. The number of carbonyl (C=O) groups is 1. The highest BCUT2D eigenvalue weighted by molar-refractivity contribution is 5.79. The molecule has 1 aliphatic rings. The highest BCUT2D eigenvalue weighted by Gasteiger charge is 2.56. The van der Waals surface area contributed by atoms with Crippen LogP contribution in [0.25, 0.3) is 0 Å². The van der Waals surface area contributed by atoms with Crippen LogP contribution in [0.2, 0.25) is 0 Å². The molecule has 0 aromatic heterocycles. The van der Waals surface area contributed by atoms with Gasteiger partial charge in [-0.25, -0.2) is 0 Å². The Bertz CT molecular complexity index is 359. The number of rotatable bonds is 3. The SMILES string of the molecule is CC(C)C1(OC(=O)C(C)(C(C)(C)C)C(C)(C)C)CCCC1. The molecule has 1 saturated carbocycles. The molecule has 2 nitrogen and oxygen atoms in total. The van der Waals surface area contributed by atoms with E-state index in [1.807, 2.05) is 0 Å². The zero-order chi connectivity index (χ0) is 16.7. The van der Waals surface area contributed by atoms with Gasteiger partial charge in [-0.2, -0.15) is 0 Å². The molecule has 0 aliphatic heterocycles. The summed E-state index contributed by atoms with van der Waals surface area (Å²) in [5, 5.41) is 0. The lowest BCUT2D eigenvalue weighted by molar-refractivity contribution is -0.193. The molecule has 0 N–H and O–H groups in total. The minimum atomic E-state index is -0.509. The molecular weight excluding hydrogens is 260 g/mol. The molecule has 0 heterocycles. The van der Waals surface area contributed by atoms with E-state index in [0.29, 0.717) is 5.92 Å². The van der Waals surface area contributed by atoms with Gasteiger partial charge in [0, 0.05) is 0 Å². The summed E-state index contributed by atoms with van der Waals surface area (Å²) in [6.45, 7) is 19.3. The highest BCUT2D eigenvalue weighted by Crippen LogP contribution is 2.53. The van der Waals surface area contributed by atoms with Crippen molar-refractivity contribution in [2.75, 3.05) is 0 Å². The first-order chi connectivity index (χ1) is 9.28. The third-order valence-corrected chi connectivity index (χ3v) is 6.21. The third kappa shape index (κ3) is 3.14. The van der Waals surface area contributed by atoms with Crippen LogP contribution in [-0.4, -0.2) is 11.6 Å². The number of esters is 1. The van der Waals surface area contributed by atoms with Crippen LogP contribution in [0.4, 0.5) is 0 Å². The van der Waals surface area contributed by atoms with Crippen molar-refractivity contribution in [2.24, 2.45) is 22.2 Å². The quantitative estimate of drug-likeness (QED) is 0.634. The molecule has 0 bridgehead atoms. The van der Waals surface area contributed by atoms with Crippen molar-refractivity contribution >= 4 is 5.97 Å². The molecule has 0 radical (unpaired) electrons. The van der Waals surface area contributed by atoms with Gasteiger partial charge >= 0.3 is 5.97 Å². The Morgan fingerprint density at radius 1 is 0.905 bits per heavy atom.